The Balaban J connectivity index is 1.93. The number of rotatable bonds is 4. The van der Waals surface area contributed by atoms with Gasteiger partial charge in [-0.25, -0.2) is 9.97 Å². The highest BCUT2D eigenvalue weighted by molar-refractivity contribution is 7.80. The zero-order chi connectivity index (χ0) is 16.9. The van der Waals surface area contributed by atoms with Crippen molar-refractivity contribution in [1.29, 1.82) is 0 Å². The summed E-state index contributed by atoms with van der Waals surface area (Å²) < 4.78 is 0. The molecule has 0 atom stereocenters. The van der Waals surface area contributed by atoms with Crippen LogP contribution >= 0.6 is 23.8 Å². The molecule has 3 rings (SSSR count). The maximum atomic E-state index is 5.94. The fourth-order valence-corrected chi connectivity index (χ4v) is 2.64. The van der Waals surface area contributed by atoms with Crippen molar-refractivity contribution in [2.45, 2.75) is 6.42 Å². The third-order valence-corrected chi connectivity index (χ3v) is 3.87. The van der Waals surface area contributed by atoms with E-state index in [9.17, 15) is 0 Å². The third kappa shape index (κ3) is 3.88. The Kier molecular flexibility index (Phi) is 5.03. The molecule has 0 unspecified atom stereocenters. The molecule has 0 fully saturated rings. The molecule has 0 saturated carbocycles. The van der Waals surface area contributed by atoms with Crippen molar-refractivity contribution < 1.29 is 0 Å². The van der Waals surface area contributed by atoms with Crippen LogP contribution in [0.25, 0.3) is 0 Å². The molecule has 0 bridgehead atoms. The summed E-state index contributed by atoms with van der Waals surface area (Å²) in [4.78, 5) is 10.5. The molecule has 2 N–H and O–H groups in total. The van der Waals surface area contributed by atoms with Gasteiger partial charge in [0.2, 0.25) is 5.95 Å². The molecule has 0 aliphatic carbocycles. The highest BCUT2D eigenvalue weighted by atomic mass is 35.5. The van der Waals surface area contributed by atoms with Crippen molar-refractivity contribution in [3.8, 4) is 0 Å². The van der Waals surface area contributed by atoms with Gasteiger partial charge < -0.3 is 5.73 Å². The number of aromatic nitrogens is 2. The van der Waals surface area contributed by atoms with E-state index in [-0.39, 0.29) is 5.11 Å². The number of nitrogens with zero attached hydrogens (tertiary/aromatic N) is 3. The summed E-state index contributed by atoms with van der Waals surface area (Å²) in [5.74, 6) is 0.443. The Morgan fingerprint density at radius 1 is 1.04 bits per heavy atom. The van der Waals surface area contributed by atoms with Gasteiger partial charge in [-0.15, -0.1) is 0 Å². The summed E-state index contributed by atoms with van der Waals surface area (Å²) in [5, 5.41) is 0.814. The van der Waals surface area contributed by atoms with Crippen molar-refractivity contribution in [2.75, 3.05) is 4.90 Å². The second-order valence-electron chi connectivity index (χ2n) is 5.16. The van der Waals surface area contributed by atoms with E-state index in [4.69, 9.17) is 29.6 Å². The van der Waals surface area contributed by atoms with Crippen LogP contribution in [0.15, 0.2) is 66.9 Å². The van der Waals surface area contributed by atoms with Crippen molar-refractivity contribution in [2.24, 2.45) is 5.73 Å². The first kappa shape index (κ1) is 16.4. The molecule has 3 aromatic rings. The number of thiocarbonyl (C=S) groups is 1. The van der Waals surface area contributed by atoms with Crippen LogP contribution in [0, 0.1) is 0 Å². The van der Waals surface area contributed by atoms with E-state index >= 15 is 0 Å². The second kappa shape index (κ2) is 7.38. The number of halogens is 1. The zero-order valence-corrected chi connectivity index (χ0v) is 14.3. The summed E-state index contributed by atoms with van der Waals surface area (Å²) >= 11 is 11.1. The van der Waals surface area contributed by atoms with E-state index in [1.165, 1.54) is 5.56 Å². The normalized spacial score (nSPS) is 10.4. The van der Waals surface area contributed by atoms with Crippen LogP contribution in [-0.4, -0.2) is 15.1 Å². The van der Waals surface area contributed by atoms with E-state index < -0.39 is 0 Å². The highest BCUT2D eigenvalue weighted by Gasteiger charge is 2.15. The van der Waals surface area contributed by atoms with Gasteiger partial charge in [-0.05, 0) is 48.1 Å². The molecule has 120 valence electrons. The van der Waals surface area contributed by atoms with E-state index in [0.29, 0.717) is 17.4 Å². The lowest BCUT2D eigenvalue weighted by Gasteiger charge is -2.21. The number of benzene rings is 2. The van der Waals surface area contributed by atoms with E-state index in [1.807, 2.05) is 36.4 Å². The lowest BCUT2D eigenvalue weighted by atomic mass is 10.1. The van der Waals surface area contributed by atoms with Crippen LogP contribution in [0.2, 0.25) is 5.02 Å². The molecule has 0 spiro atoms. The third-order valence-electron chi connectivity index (χ3n) is 3.43. The minimum Gasteiger partial charge on any atom is -0.376 e. The van der Waals surface area contributed by atoms with Crippen LogP contribution in [0.3, 0.4) is 0 Å². The van der Waals surface area contributed by atoms with E-state index in [2.05, 4.69) is 22.1 Å². The van der Waals surface area contributed by atoms with Crippen molar-refractivity contribution in [1.82, 2.24) is 9.97 Å². The maximum Gasteiger partial charge on any atom is 0.236 e. The quantitative estimate of drug-likeness (QED) is 0.715. The lowest BCUT2D eigenvalue weighted by Crippen LogP contribution is -2.32. The molecule has 0 amide bonds. The minimum atomic E-state index is 0.175. The molecule has 4 nitrogen and oxygen atoms in total. The summed E-state index contributed by atoms with van der Waals surface area (Å²) in [6, 6.07) is 19.2. The number of hydrogen-bond acceptors (Lipinski definition) is 3. The summed E-state index contributed by atoms with van der Waals surface area (Å²) in [5.41, 5.74) is 8.72. The molecule has 0 radical (unpaired) electrons. The summed E-state index contributed by atoms with van der Waals surface area (Å²) in [7, 11) is 0. The topological polar surface area (TPSA) is 55.0 Å². The largest absolute Gasteiger partial charge is 0.376 e. The van der Waals surface area contributed by atoms with Crippen LogP contribution in [0.5, 0.6) is 0 Å². The van der Waals surface area contributed by atoms with Gasteiger partial charge in [0.1, 0.15) is 0 Å². The predicted molar refractivity (Wildman–Crippen MR) is 102 cm³/mol. The van der Waals surface area contributed by atoms with Crippen LogP contribution in [-0.2, 0) is 6.42 Å². The highest BCUT2D eigenvalue weighted by Crippen LogP contribution is 2.24. The van der Waals surface area contributed by atoms with Gasteiger partial charge in [-0.3, -0.25) is 4.90 Å². The Bertz CT molecular complexity index is 837. The Hall–Kier alpha value is -2.50. The minimum absolute atomic E-state index is 0.175. The molecular formula is C18H15ClN4S. The first-order valence-corrected chi connectivity index (χ1v) is 8.13. The Morgan fingerprint density at radius 2 is 1.75 bits per heavy atom. The molecule has 1 heterocycles. The smallest absolute Gasteiger partial charge is 0.236 e. The molecule has 0 saturated heterocycles. The Labute approximate surface area is 150 Å². The van der Waals surface area contributed by atoms with Crippen LogP contribution in [0.4, 0.5) is 11.6 Å². The second-order valence-corrected chi connectivity index (χ2v) is 6.02. The molecular weight excluding hydrogens is 340 g/mol. The fourth-order valence-electron chi connectivity index (χ4n) is 2.33. The lowest BCUT2D eigenvalue weighted by molar-refractivity contribution is 1.01. The van der Waals surface area contributed by atoms with E-state index in [1.54, 1.807) is 23.2 Å². The van der Waals surface area contributed by atoms with Crippen molar-refractivity contribution in [3.05, 3.63) is 83.1 Å². The van der Waals surface area contributed by atoms with Gasteiger partial charge in [0.25, 0.3) is 0 Å². The SMILES string of the molecule is NC(=S)N(c1ccc(Cl)cc1)c1nccc(Cc2ccccc2)n1. The van der Waals surface area contributed by atoms with Gasteiger partial charge in [-0.1, -0.05) is 41.9 Å². The van der Waals surface area contributed by atoms with Crippen molar-refractivity contribution in [3.63, 3.8) is 0 Å². The fraction of sp³-hybridized carbons (Fsp3) is 0.0556. The molecule has 6 heteroatoms. The van der Waals surface area contributed by atoms with Crippen LogP contribution in [0.1, 0.15) is 11.3 Å². The molecule has 24 heavy (non-hydrogen) atoms. The molecule has 0 aliphatic rings. The first-order chi connectivity index (χ1) is 11.6. The van der Waals surface area contributed by atoms with E-state index in [0.717, 1.165) is 11.4 Å². The van der Waals surface area contributed by atoms with Crippen LogP contribution < -0.4 is 10.6 Å². The monoisotopic (exact) mass is 354 g/mol. The number of anilines is 2. The average Bonchev–Trinajstić information content (AvgIpc) is 2.58. The molecule has 0 aliphatic heterocycles. The van der Waals surface area contributed by atoms with Crippen molar-refractivity contribution >= 4 is 40.6 Å². The van der Waals surface area contributed by atoms with Gasteiger partial charge >= 0.3 is 0 Å². The number of nitrogens with two attached hydrogens (primary N) is 1. The maximum absolute atomic E-state index is 5.94. The van der Waals surface area contributed by atoms with Gasteiger partial charge in [-0.2, -0.15) is 0 Å². The summed E-state index contributed by atoms with van der Waals surface area (Å²) in [6.07, 6.45) is 2.42. The summed E-state index contributed by atoms with van der Waals surface area (Å²) in [6.45, 7) is 0. The average molecular weight is 355 g/mol. The predicted octanol–water partition coefficient (Wildman–Crippen LogP) is 4.10. The van der Waals surface area contributed by atoms with Gasteiger partial charge in [0.15, 0.2) is 5.11 Å². The van der Waals surface area contributed by atoms with Gasteiger partial charge in [0.05, 0.1) is 11.4 Å². The number of hydrogen-bond donors (Lipinski definition) is 1. The molecule has 1 aromatic heterocycles. The zero-order valence-electron chi connectivity index (χ0n) is 12.8. The standard InChI is InChI=1S/C18H15ClN4S/c19-14-6-8-16(9-7-14)23(17(20)24)18-21-11-10-15(22-18)12-13-4-2-1-3-5-13/h1-11H,12H2,(H2,20,24). The van der Waals surface area contributed by atoms with Gasteiger partial charge in [0, 0.05) is 17.6 Å². The molecule has 2 aromatic carbocycles. The first-order valence-electron chi connectivity index (χ1n) is 7.34. The Morgan fingerprint density at radius 3 is 2.42 bits per heavy atom.